The van der Waals surface area contributed by atoms with E-state index >= 15 is 0 Å². The summed E-state index contributed by atoms with van der Waals surface area (Å²) < 4.78 is 10.5. The van der Waals surface area contributed by atoms with Gasteiger partial charge in [0.2, 0.25) is 11.8 Å². The predicted molar refractivity (Wildman–Crippen MR) is 92.9 cm³/mol. The number of rotatable bonds is 7. The Balaban J connectivity index is 1.52. The molecule has 2 N–H and O–H groups in total. The smallest absolute Gasteiger partial charge is 0.273 e. The molecule has 0 spiro atoms. The first kappa shape index (κ1) is 17.8. The molecule has 8 heteroatoms. The van der Waals surface area contributed by atoms with Gasteiger partial charge in [0.05, 0.1) is 0 Å². The van der Waals surface area contributed by atoms with E-state index in [0.717, 1.165) is 5.57 Å². The molecular weight excluding hydrogens is 336 g/mol. The minimum Gasteiger partial charge on any atom is -0.422 e. The topological polar surface area (TPSA) is 114 Å². The Morgan fingerprint density at radius 2 is 2.23 bits per heavy atom. The second-order valence-corrected chi connectivity index (χ2v) is 6.08. The monoisotopic (exact) mass is 356 g/mol. The number of hydrogen-bond acceptors (Lipinski definition) is 7. The first-order valence-corrected chi connectivity index (χ1v) is 8.27. The van der Waals surface area contributed by atoms with Crippen molar-refractivity contribution in [1.82, 2.24) is 20.7 Å². The number of carbonyl (C=O) groups is 1. The Hall–Kier alpha value is -3.00. The normalized spacial score (nSPS) is 20.2. The number of allylic oxidation sites excluding steroid dienone is 5. The Kier molecular flexibility index (Phi) is 5.43. The van der Waals surface area contributed by atoms with E-state index < -0.39 is 0 Å². The van der Waals surface area contributed by atoms with Crippen molar-refractivity contribution in [3.8, 4) is 0 Å². The molecule has 1 fully saturated rings. The maximum Gasteiger partial charge on any atom is 0.273 e. The molecule has 0 aromatic carbocycles. The quantitative estimate of drug-likeness (QED) is 0.732. The Labute approximate surface area is 150 Å². The van der Waals surface area contributed by atoms with Crippen molar-refractivity contribution in [3.63, 3.8) is 0 Å². The van der Waals surface area contributed by atoms with Crippen LogP contribution in [0.4, 0.5) is 0 Å². The molecule has 1 aliphatic rings. The van der Waals surface area contributed by atoms with Crippen LogP contribution in [0.5, 0.6) is 0 Å². The van der Waals surface area contributed by atoms with Gasteiger partial charge < -0.3 is 19.4 Å². The lowest BCUT2D eigenvalue weighted by molar-refractivity contribution is 0.0893. The van der Waals surface area contributed by atoms with Crippen LogP contribution in [0.15, 0.2) is 45.9 Å². The molecule has 0 unspecified atom stereocenters. The summed E-state index contributed by atoms with van der Waals surface area (Å²) in [6, 6.07) is 1.63. The van der Waals surface area contributed by atoms with E-state index in [9.17, 15) is 4.79 Å². The summed E-state index contributed by atoms with van der Waals surface area (Å²) in [6.45, 7) is 5.20. The molecule has 0 atom stereocenters. The van der Waals surface area contributed by atoms with Gasteiger partial charge in [0, 0.05) is 18.0 Å². The molecule has 3 rings (SSSR count). The average Bonchev–Trinajstić information content (AvgIpc) is 3.27. The first-order valence-electron chi connectivity index (χ1n) is 8.27. The highest BCUT2D eigenvalue weighted by Crippen LogP contribution is 2.36. The van der Waals surface area contributed by atoms with Crippen LogP contribution in [-0.4, -0.2) is 32.4 Å². The second-order valence-electron chi connectivity index (χ2n) is 6.08. The van der Waals surface area contributed by atoms with E-state index in [1.807, 2.05) is 19.1 Å². The molecule has 1 saturated carbocycles. The van der Waals surface area contributed by atoms with Gasteiger partial charge in [0.1, 0.15) is 6.61 Å². The summed E-state index contributed by atoms with van der Waals surface area (Å²) in [6.07, 6.45) is 8.56. The summed E-state index contributed by atoms with van der Waals surface area (Å²) in [5.41, 5.74) is 1.10. The van der Waals surface area contributed by atoms with E-state index in [1.165, 1.54) is 0 Å². The van der Waals surface area contributed by atoms with Crippen molar-refractivity contribution < 1.29 is 18.8 Å². The maximum absolute atomic E-state index is 12.3. The fourth-order valence-electron chi connectivity index (χ4n) is 2.62. The lowest BCUT2D eigenvalue weighted by atomic mass is 9.80. The minimum absolute atomic E-state index is 0.0179. The van der Waals surface area contributed by atoms with Crippen LogP contribution >= 0.6 is 0 Å². The van der Waals surface area contributed by atoms with Gasteiger partial charge in [-0.2, -0.15) is 0 Å². The van der Waals surface area contributed by atoms with Gasteiger partial charge in [-0.15, -0.1) is 10.2 Å². The molecule has 26 heavy (non-hydrogen) atoms. The molecule has 2 heterocycles. The number of nitrogens with one attached hydrogen (secondary N) is 1. The number of aliphatic hydroxyl groups is 1. The predicted octanol–water partition coefficient (Wildman–Crippen LogP) is 2.37. The standard InChI is InChI=1S/C18H20N4O4/c1-3-4-5-6-11(2)15-9-14(22-26-15)17(24)19-13-7-12(8-13)18-21-20-16(10-23)25-18/h3-6,9,12-13,23H,1,7-8,10H2,2H3,(H,19,24)/b5-4-,11-6+. The zero-order valence-corrected chi connectivity index (χ0v) is 14.4. The summed E-state index contributed by atoms with van der Waals surface area (Å²) in [5, 5.41) is 23.3. The van der Waals surface area contributed by atoms with E-state index in [-0.39, 0.29) is 36.1 Å². The molecule has 8 nitrogen and oxygen atoms in total. The van der Waals surface area contributed by atoms with Gasteiger partial charge in [-0.3, -0.25) is 4.79 Å². The number of amides is 1. The van der Waals surface area contributed by atoms with Crippen molar-refractivity contribution in [3.05, 3.63) is 60.2 Å². The third-order valence-electron chi connectivity index (χ3n) is 4.17. The van der Waals surface area contributed by atoms with Crippen LogP contribution in [-0.2, 0) is 6.61 Å². The van der Waals surface area contributed by atoms with E-state index in [0.29, 0.717) is 24.5 Å². The highest BCUT2D eigenvalue weighted by Gasteiger charge is 2.35. The van der Waals surface area contributed by atoms with Gasteiger partial charge in [0.15, 0.2) is 11.5 Å². The van der Waals surface area contributed by atoms with Crippen LogP contribution in [0, 0.1) is 0 Å². The molecule has 2 aromatic heterocycles. The summed E-state index contributed by atoms with van der Waals surface area (Å²) >= 11 is 0. The van der Waals surface area contributed by atoms with Crippen LogP contribution < -0.4 is 5.32 Å². The van der Waals surface area contributed by atoms with E-state index in [4.69, 9.17) is 14.0 Å². The highest BCUT2D eigenvalue weighted by molar-refractivity contribution is 5.93. The molecule has 0 saturated heterocycles. The van der Waals surface area contributed by atoms with Crippen LogP contribution in [0.25, 0.3) is 5.57 Å². The Bertz CT molecular complexity index is 843. The number of aliphatic hydroxyl groups excluding tert-OH is 1. The fourth-order valence-corrected chi connectivity index (χ4v) is 2.62. The van der Waals surface area contributed by atoms with Crippen molar-refractivity contribution in [2.24, 2.45) is 0 Å². The van der Waals surface area contributed by atoms with E-state index in [2.05, 4.69) is 27.2 Å². The summed E-state index contributed by atoms with van der Waals surface area (Å²) in [7, 11) is 0. The third-order valence-corrected chi connectivity index (χ3v) is 4.17. The molecular formula is C18H20N4O4. The van der Waals surface area contributed by atoms with E-state index in [1.54, 1.807) is 18.2 Å². The highest BCUT2D eigenvalue weighted by atomic mass is 16.5. The van der Waals surface area contributed by atoms with Crippen molar-refractivity contribution in [2.45, 2.75) is 38.3 Å². The molecule has 1 aliphatic carbocycles. The minimum atomic E-state index is -0.278. The number of hydrogen-bond donors (Lipinski definition) is 2. The molecule has 0 bridgehead atoms. The first-order chi connectivity index (χ1) is 12.6. The van der Waals surface area contributed by atoms with Crippen molar-refractivity contribution in [1.29, 1.82) is 0 Å². The lowest BCUT2D eigenvalue weighted by Gasteiger charge is -2.33. The van der Waals surface area contributed by atoms with Crippen LogP contribution in [0.1, 0.15) is 53.7 Å². The molecule has 0 aliphatic heterocycles. The lowest BCUT2D eigenvalue weighted by Crippen LogP contribution is -2.43. The van der Waals surface area contributed by atoms with Gasteiger partial charge in [-0.1, -0.05) is 36.0 Å². The second kappa shape index (κ2) is 7.92. The fraction of sp³-hybridized carbons (Fsp3) is 0.333. The molecule has 1 amide bonds. The van der Waals surface area contributed by atoms with Crippen LogP contribution in [0.2, 0.25) is 0 Å². The zero-order valence-electron chi connectivity index (χ0n) is 14.4. The van der Waals surface area contributed by atoms with Gasteiger partial charge in [-0.25, -0.2) is 0 Å². The zero-order chi connectivity index (χ0) is 18.5. The van der Waals surface area contributed by atoms with Crippen molar-refractivity contribution >= 4 is 11.5 Å². The average molecular weight is 356 g/mol. The SMILES string of the molecule is C=C/C=C\C=C(/C)c1cc(C(=O)NC2CC(c3nnc(CO)o3)C2)no1. The van der Waals surface area contributed by atoms with Crippen LogP contribution in [0.3, 0.4) is 0 Å². The third kappa shape index (κ3) is 3.97. The Morgan fingerprint density at radius 3 is 2.92 bits per heavy atom. The molecule has 2 aromatic rings. The van der Waals surface area contributed by atoms with Crippen molar-refractivity contribution in [2.75, 3.05) is 0 Å². The van der Waals surface area contributed by atoms with Gasteiger partial charge in [0.25, 0.3) is 5.91 Å². The largest absolute Gasteiger partial charge is 0.422 e. The Morgan fingerprint density at radius 1 is 1.42 bits per heavy atom. The maximum atomic E-state index is 12.3. The van der Waals surface area contributed by atoms with Gasteiger partial charge in [-0.05, 0) is 25.3 Å². The van der Waals surface area contributed by atoms with Gasteiger partial charge >= 0.3 is 0 Å². The number of aromatic nitrogens is 3. The number of nitrogens with zero attached hydrogens (tertiary/aromatic N) is 3. The summed E-state index contributed by atoms with van der Waals surface area (Å²) in [5.74, 6) is 1.06. The number of carbonyl (C=O) groups excluding carboxylic acids is 1. The summed E-state index contributed by atoms with van der Waals surface area (Å²) in [4.78, 5) is 12.3. The molecule has 136 valence electrons. The molecule has 0 radical (unpaired) electrons.